The highest BCUT2D eigenvalue weighted by Crippen LogP contribution is 2.30. The number of amides is 1. The van der Waals surface area contributed by atoms with Crippen LogP contribution in [0, 0.1) is 6.92 Å². The Morgan fingerprint density at radius 2 is 2.05 bits per heavy atom. The Balaban J connectivity index is 2.13. The van der Waals surface area contributed by atoms with Crippen molar-refractivity contribution >= 4 is 5.91 Å². The van der Waals surface area contributed by atoms with Gasteiger partial charge in [-0.2, -0.15) is 13.2 Å². The van der Waals surface area contributed by atoms with Crippen LogP contribution < -0.4 is 5.32 Å². The number of aryl methyl sites for hydroxylation is 1. The normalized spacial score (nSPS) is 13.0. The van der Waals surface area contributed by atoms with Gasteiger partial charge in [0.15, 0.2) is 5.69 Å². The number of carbonyl (C=O) groups is 1. The lowest BCUT2D eigenvalue weighted by molar-refractivity contribution is -0.137. The zero-order valence-electron chi connectivity index (χ0n) is 11.4. The molecule has 0 spiro atoms. The summed E-state index contributed by atoms with van der Waals surface area (Å²) in [6.07, 6.45) is -4.41. The smallest absolute Gasteiger partial charge is 0.361 e. The number of halogens is 3. The standard InChI is InChI=1S/C14H13F3N2O2/c1-8-6-12(19-21-8)13(20)18-9(2)10-4-3-5-11(7-10)14(15,16)17/h3-7,9H,1-2H3,(H,18,20). The molecule has 0 saturated heterocycles. The molecule has 0 aliphatic heterocycles. The minimum Gasteiger partial charge on any atom is -0.361 e. The van der Waals surface area contributed by atoms with Gasteiger partial charge in [-0.15, -0.1) is 0 Å². The Morgan fingerprint density at radius 1 is 1.33 bits per heavy atom. The predicted molar refractivity (Wildman–Crippen MR) is 68.6 cm³/mol. The minimum absolute atomic E-state index is 0.0892. The maximum absolute atomic E-state index is 12.7. The number of benzene rings is 1. The number of alkyl halides is 3. The summed E-state index contributed by atoms with van der Waals surface area (Å²) in [5.74, 6) is -0.0244. The fraction of sp³-hybridized carbons (Fsp3) is 0.286. The maximum atomic E-state index is 12.7. The zero-order valence-corrected chi connectivity index (χ0v) is 11.4. The molecule has 0 aliphatic rings. The Hall–Kier alpha value is -2.31. The largest absolute Gasteiger partial charge is 0.416 e. The molecule has 1 heterocycles. The molecule has 0 aliphatic carbocycles. The maximum Gasteiger partial charge on any atom is 0.416 e. The molecule has 1 N–H and O–H groups in total. The Labute approximate surface area is 118 Å². The molecule has 1 aromatic carbocycles. The molecule has 1 amide bonds. The van der Waals surface area contributed by atoms with E-state index in [0.717, 1.165) is 12.1 Å². The average Bonchev–Trinajstić information content (AvgIpc) is 2.84. The van der Waals surface area contributed by atoms with E-state index in [2.05, 4.69) is 10.5 Å². The van der Waals surface area contributed by atoms with Gasteiger partial charge in [-0.1, -0.05) is 17.3 Å². The molecule has 2 rings (SSSR count). The summed E-state index contributed by atoms with van der Waals surface area (Å²) in [6.45, 7) is 3.24. The zero-order chi connectivity index (χ0) is 15.6. The molecular formula is C14H13F3N2O2. The van der Waals surface area contributed by atoms with Crippen LogP contribution in [0.2, 0.25) is 0 Å². The van der Waals surface area contributed by atoms with Gasteiger partial charge in [-0.05, 0) is 31.5 Å². The predicted octanol–water partition coefficient (Wildman–Crippen LogP) is 3.49. The first-order chi connectivity index (χ1) is 9.77. The van der Waals surface area contributed by atoms with Crippen molar-refractivity contribution in [2.75, 3.05) is 0 Å². The number of hydrogen-bond acceptors (Lipinski definition) is 3. The van der Waals surface area contributed by atoms with Gasteiger partial charge < -0.3 is 9.84 Å². The molecule has 21 heavy (non-hydrogen) atoms. The summed E-state index contributed by atoms with van der Waals surface area (Å²) in [5.41, 5.74) is -0.303. The van der Waals surface area contributed by atoms with E-state index in [4.69, 9.17) is 4.52 Å². The van der Waals surface area contributed by atoms with Gasteiger partial charge in [-0.3, -0.25) is 4.79 Å². The number of nitrogens with zero attached hydrogens (tertiary/aromatic N) is 1. The van der Waals surface area contributed by atoms with Gasteiger partial charge in [0, 0.05) is 6.07 Å². The van der Waals surface area contributed by atoms with Crippen LogP contribution in [0.4, 0.5) is 13.2 Å². The molecule has 2 aromatic rings. The summed E-state index contributed by atoms with van der Waals surface area (Å²) in [4.78, 5) is 11.9. The highest BCUT2D eigenvalue weighted by atomic mass is 19.4. The SMILES string of the molecule is Cc1cc(C(=O)NC(C)c2cccc(C(F)(F)F)c2)no1. The first-order valence-corrected chi connectivity index (χ1v) is 6.18. The van der Waals surface area contributed by atoms with E-state index in [1.54, 1.807) is 13.8 Å². The van der Waals surface area contributed by atoms with Crippen LogP contribution in [0.3, 0.4) is 0 Å². The van der Waals surface area contributed by atoms with Crippen LogP contribution in [0.25, 0.3) is 0 Å². The highest BCUT2D eigenvalue weighted by molar-refractivity contribution is 5.92. The molecule has 0 radical (unpaired) electrons. The minimum atomic E-state index is -4.41. The van der Waals surface area contributed by atoms with Gasteiger partial charge in [0.1, 0.15) is 5.76 Å². The number of rotatable bonds is 3. The van der Waals surface area contributed by atoms with Crippen molar-refractivity contribution in [3.63, 3.8) is 0 Å². The van der Waals surface area contributed by atoms with E-state index >= 15 is 0 Å². The van der Waals surface area contributed by atoms with Crippen molar-refractivity contribution in [2.24, 2.45) is 0 Å². The molecule has 0 saturated carbocycles. The van der Waals surface area contributed by atoms with Crippen molar-refractivity contribution in [1.82, 2.24) is 10.5 Å². The summed E-state index contributed by atoms with van der Waals surface area (Å²) >= 11 is 0. The van der Waals surface area contributed by atoms with Gasteiger partial charge in [0.05, 0.1) is 11.6 Å². The number of hydrogen-bond donors (Lipinski definition) is 1. The summed E-state index contributed by atoms with van der Waals surface area (Å²) in [5, 5.41) is 6.13. The summed E-state index contributed by atoms with van der Waals surface area (Å²) in [7, 11) is 0. The second-order valence-electron chi connectivity index (χ2n) is 4.64. The van der Waals surface area contributed by atoms with Crippen LogP contribution >= 0.6 is 0 Å². The fourth-order valence-corrected chi connectivity index (χ4v) is 1.81. The van der Waals surface area contributed by atoms with Crippen LogP contribution in [-0.4, -0.2) is 11.1 Å². The fourth-order valence-electron chi connectivity index (χ4n) is 1.81. The van der Waals surface area contributed by atoms with Crippen molar-refractivity contribution < 1.29 is 22.5 Å². The van der Waals surface area contributed by atoms with E-state index in [-0.39, 0.29) is 5.69 Å². The summed E-state index contributed by atoms with van der Waals surface area (Å²) < 4.78 is 42.7. The Bertz CT molecular complexity index is 650. The van der Waals surface area contributed by atoms with Crippen molar-refractivity contribution in [3.05, 3.63) is 52.9 Å². The molecule has 0 fully saturated rings. The molecule has 7 heteroatoms. The molecule has 1 aromatic heterocycles. The van der Waals surface area contributed by atoms with Crippen LogP contribution in [0.5, 0.6) is 0 Å². The van der Waals surface area contributed by atoms with E-state index in [1.807, 2.05) is 0 Å². The third kappa shape index (κ3) is 3.62. The highest BCUT2D eigenvalue weighted by Gasteiger charge is 2.30. The first kappa shape index (κ1) is 15.1. The Kier molecular flexibility index (Phi) is 4.02. The lowest BCUT2D eigenvalue weighted by Crippen LogP contribution is -2.27. The first-order valence-electron chi connectivity index (χ1n) is 6.18. The monoisotopic (exact) mass is 298 g/mol. The van der Waals surface area contributed by atoms with Gasteiger partial charge >= 0.3 is 6.18 Å². The van der Waals surface area contributed by atoms with Crippen LogP contribution in [0.1, 0.15) is 40.3 Å². The third-order valence-electron chi connectivity index (χ3n) is 2.92. The number of nitrogens with one attached hydrogen (secondary N) is 1. The third-order valence-corrected chi connectivity index (χ3v) is 2.92. The van der Waals surface area contributed by atoms with Crippen molar-refractivity contribution in [2.45, 2.75) is 26.1 Å². The molecule has 1 unspecified atom stereocenters. The molecule has 112 valence electrons. The lowest BCUT2D eigenvalue weighted by atomic mass is 10.0. The van der Waals surface area contributed by atoms with Gasteiger partial charge in [0.25, 0.3) is 5.91 Å². The second kappa shape index (κ2) is 5.59. The number of aromatic nitrogens is 1. The quantitative estimate of drug-likeness (QED) is 0.943. The average molecular weight is 298 g/mol. The number of carbonyl (C=O) groups excluding carboxylic acids is 1. The van der Waals surface area contributed by atoms with Crippen LogP contribution in [-0.2, 0) is 6.18 Å². The Morgan fingerprint density at radius 3 is 2.62 bits per heavy atom. The molecule has 4 nitrogen and oxygen atoms in total. The lowest BCUT2D eigenvalue weighted by Gasteiger charge is -2.15. The topological polar surface area (TPSA) is 55.1 Å². The van der Waals surface area contributed by atoms with Gasteiger partial charge in [0.2, 0.25) is 0 Å². The van der Waals surface area contributed by atoms with Crippen molar-refractivity contribution in [1.29, 1.82) is 0 Å². The van der Waals surface area contributed by atoms with Gasteiger partial charge in [-0.25, -0.2) is 0 Å². The van der Waals surface area contributed by atoms with E-state index in [1.165, 1.54) is 18.2 Å². The second-order valence-corrected chi connectivity index (χ2v) is 4.64. The van der Waals surface area contributed by atoms with E-state index in [0.29, 0.717) is 11.3 Å². The molecule has 0 bridgehead atoms. The van der Waals surface area contributed by atoms with E-state index in [9.17, 15) is 18.0 Å². The van der Waals surface area contributed by atoms with Crippen molar-refractivity contribution in [3.8, 4) is 0 Å². The molecule has 1 atom stereocenters. The summed E-state index contributed by atoms with van der Waals surface area (Å²) in [6, 6.07) is 5.69. The van der Waals surface area contributed by atoms with Crippen LogP contribution in [0.15, 0.2) is 34.9 Å². The van der Waals surface area contributed by atoms with E-state index < -0.39 is 23.7 Å². The molecular weight excluding hydrogens is 285 g/mol.